The van der Waals surface area contributed by atoms with Gasteiger partial charge in [-0.2, -0.15) is 0 Å². The lowest BCUT2D eigenvalue weighted by Crippen LogP contribution is -2.47. The molecular formula is C23H25N3O2. The molecule has 1 fully saturated rings. The van der Waals surface area contributed by atoms with E-state index in [1.165, 1.54) is 0 Å². The van der Waals surface area contributed by atoms with Crippen molar-refractivity contribution in [3.05, 3.63) is 89.7 Å². The zero-order valence-corrected chi connectivity index (χ0v) is 16.0. The Labute approximate surface area is 165 Å². The monoisotopic (exact) mass is 375 g/mol. The molecule has 0 unspecified atom stereocenters. The highest BCUT2D eigenvalue weighted by Gasteiger charge is 2.44. The molecule has 2 heterocycles. The number of pyridine rings is 1. The molecule has 0 atom stereocenters. The van der Waals surface area contributed by atoms with E-state index in [1.54, 1.807) is 12.1 Å². The van der Waals surface area contributed by atoms with Crippen LogP contribution in [0.4, 0.5) is 0 Å². The van der Waals surface area contributed by atoms with E-state index in [1.807, 2.05) is 60.9 Å². The van der Waals surface area contributed by atoms with Gasteiger partial charge in [0, 0.05) is 49.7 Å². The van der Waals surface area contributed by atoms with Gasteiger partial charge in [-0.05, 0) is 36.8 Å². The van der Waals surface area contributed by atoms with E-state index in [0.29, 0.717) is 24.6 Å². The second kappa shape index (κ2) is 7.62. The molecule has 3 aromatic rings. The van der Waals surface area contributed by atoms with Crippen LogP contribution in [-0.4, -0.2) is 38.1 Å². The number of hydrogen-bond acceptors (Lipinski definition) is 5. The first-order valence-corrected chi connectivity index (χ1v) is 9.53. The summed E-state index contributed by atoms with van der Waals surface area (Å²) < 4.78 is 0. The first kappa shape index (κ1) is 18.5. The third-order valence-electron chi connectivity index (χ3n) is 5.80. The van der Waals surface area contributed by atoms with E-state index in [9.17, 15) is 10.2 Å². The van der Waals surface area contributed by atoms with Gasteiger partial charge in [-0.25, -0.2) is 0 Å². The van der Waals surface area contributed by atoms with Crippen LogP contribution in [0, 0.1) is 0 Å². The van der Waals surface area contributed by atoms with Gasteiger partial charge in [-0.15, -0.1) is 0 Å². The van der Waals surface area contributed by atoms with Gasteiger partial charge >= 0.3 is 0 Å². The van der Waals surface area contributed by atoms with Crippen LogP contribution in [0.3, 0.4) is 0 Å². The first-order valence-electron chi connectivity index (χ1n) is 9.53. The van der Waals surface area contributed by atoms with Crippen LogP contribution < -0.4 is 0 Å². The molecule has 0 radical (unpaired) electrons. The fraction of sp³-hybridized carbons (Fsp3) is 0.261. The summed E-state index contributed by atoms with van der Waals surface area (Å²) in [6, 6.07) is 19.1. The largest absolute Gasteiger partial charge is 0.508 e. The summed E-state index contributed by atoms with van der Waals surface area (Å²) in [6.45, 7) is 5.21. The molecule has 4 rings (SSSR count). The Hall–Kier alpha value is -2.89. The van der Waals surface area contributed by atoms with Crippen LogP contribution in [-0.2, 0) is 18.8 Å². The molecule has 2 aromatic carbocycles. The molecule has 0 aliphatic carbocycles. The van der Waals surface area contributed by atoms with Gasteiger partial charge in [0.15, 0.2) is 0 Å². The van der Waals surface area contributed by atoms with E-state index >= 15 is 0 Å². The number of nitrogens with zero attached hydrogens (tertiary/aromatic N) is 3. The summed E-state index contributed by atoms with van der Waals surface area (Å²) in [5.41, 5.74) is 2.58. The van der Waals surface area contributed by atoms with Crippen molar-refractivity contribution in [2.75, 3.05) is 13.1 Å². The molecular weight excluding hydrogens is 350 g/mol. The van der Waals surface area contributed by atoms with E-state index in [4.69, 9.17) is 0 Å². The van der Waals surface area contributed by atoms with Crippen molar-refractivity contribution in [2.24, 2.45) is 0 Å². The molecule has 144 valence electrons. The molecule has 0 bridgehead atoms. The maximum absolute atomic E-state index is 10.3. The number of rotatable bonds is 5. The van der Waals surface area contributed by atoms with Crippen LogP contribution in [0.1, 0.15) is 23.6 Å². The fourth-order valence-electron chi connectivity index (χ4n) is 4.08. The molecule has 0 spiro atoms. The quantitative estimate of drug-likeness (QED) is 0.712. The predicted octanol–water partition coefficient (Wildman–Crippen LogP) is 3.68. The SMILES string of the molecule is CC1(c2ccncc2)N(Cc2ccccc2O)CCN1Cc1ccccc1O. The molecule has 0 amide bonds. The Kier molecular flexibility index (Phi) is 5.03. The second-order valence-corrected chi connectivity index (χ2v) is 7.36. The minimum absolute atomic E-state index is 0.318. The van der Waals surface area contributed by atoms with Crippen molar-refractivity contribution in [1.29, 1.82) is 0 Å². The zero-order chi connectivity index (χ0) is 19.6. The van der Waals surface area contributed by atoms with Crippen LogP contribution in [0.5, 0.6) is 11.5 Å². The maximum Gasteiger partial charge on any atom is 0.120 e. The lowest BCUT2D eigenvalue weighted by atomic mass is 9.98. The fourth-order valence-corrected chi connectivity index (χ4v) is 4.08. The number of phenols is 2. The highest BCUT2D eigenvalue weighted by Crippen LogP contribution is 2.40. The summed E-state index contributed by atoms with van der Waals surface area (Å²) in [7, 11) is 0. The van der Waals surface area contributed by atoms with E-state index < -0.39 is 0 Å². The maximum atomic E-state index is 10.3. The van der Waals surface area contributed by atoms with Crippen molar-refractivity contribution < 1.29 is 10.2 Å². The molecule has 1 aliphatic rings. The predicted molar refractivity (Wildman–Crippen MR) is 109 cm³/mol. The Morgan fingerprint density at radius 1 is 0.786 bits per heavy atom. The Balaban J connectivity index is 1.69. The van der Waals surface area contributed by atoms with Gasteiger partial charge in [0.2, 0.25) is 0 Å². The van der Waals surface area contributed by atoms with Crippen molar-refractivity contribution in [2.45, 2.75) is 25.7 Å². The lowest BCUT2D eigenvalue weighted by Gasteiger charge is -2.42. The average molecular weight is 375 g/mol. The van der Waals surface area contributed by atoms with Crippen molar-refractivity contribution in [3.63, 3.8) is 0 Å². The van der Waals surface area contributed by atoms with Gasteiger partial charge < -0.3 is 10.2 Å². The highest BCUT2D eigenvalue weighted by atomic mass is 16.3. The Morgan fingerprint density at radius 3 is 1.71 bits per heavy atom. The third kappa shape index (κ3) is 3.35. The van der Waals surface area contributed by atoms with Crippen LogP contribution in [0.15, 0.2) is 73.1 Å². The van der Waals surface area contributed by atoms with Gasteiger partial charge in [-0.1, -0.05) is 36.4 Å². The summed E-state index contributed by atoms with van der Waals surface area (Å²) >= 11 is 0. The first-order chi connectivity index (χ1) is 13.6. The van der Waals surface area contributed by atoms with E-state index in [0.717, 1.165) is 29.8 Å². The molecule has 1 saturated heterocycles. The summed E-state index contributed by atoms with van der Waals surface area (Å²) in [5, 5.41) is 20.5. The molecule has 1 aromatic heterocycles. The van der Waals surface area contributed by atoms with Gasteiger partial charge in [0.25, 0.3) is 0 Å². The number of aromatic hydroxyl groups is 2. The topological polar surface area (TPSA) is 59.8 Å². The number of aromatic nitrogens is 1. The molecule has 2 N–H and O–H groups in total. The van der Waals surface area contributed by atoms with Crippen LogP contribution in [0.25, 0.3) is 0 Å². The zero-order valence-electron chi connectivity index (χ0n) is 16.0. The Bertz CT molecular complexity index is 890. The summed E-state index contributed by atoms with van der Waals surface area (Å²) in [6.07, 6.45) is 3.63. The molecule has 28 heavy (non-hydrogen) atoms. The van der Waals surface area contributed by atoms with Crippen molar-refractivity contribution >= 4 is 0 Å². The van der Waals surface area contributed by atoms with E-state index in [2.05, 4.69) is 21.7 Å². The number of benzene rings is 2. The van der Waals surface area contributed by atoms with E-state index in [-0.39, 0.29) is 5.66 Å². The minimum Gasteiger partial charge on any atom is -0.508 e. The van der Waals surface area contributed by atoms with Crippen LogP contribution in [0.2, 0.25) is 0 Å². The third-order valence-corrected chi connectivity index (χ3v) is 5.80. The average Bonchev–Trinajstić information content (AvgIpc) is 3.03. The highest BCUT2D eigenvalue weighted by molar-refractivity contribution is 5.34. The molecule has 5 nitrogen and oxygen atoms in total. The normalized spacial score (nSPS) is 17.0. The van der Waals surface area contributed by atoms with Gasteiger partial charge in [0.1, 0.15) is 11.5 Å². The minimum atomic E-state index is -0.381. The molecule has 0 saturated carbocycles. The van der Waals surface area contributed by atoms with Gasteiger partial charge in [-0.3, -0.25) is 14.8 Å². The van der Waals surface area contributed by atoms with Crippen LogP contribution >= 0.6 is 0 Å². The summed E-state index contributed by atoms with van der Waals surface area (Å²) in [4.78, 5) is 8.92. The smallest absolute Gasteiger partial charge is 0.120 e. The molecule has 1 aliphatic heterocycles. The summed E-state index contributed by atoms with van der Waals surface area (Å²) in [5.74, 6) is 0.637. The number of para-hydroxylation sites is 2. The lowest BCUT2D eigenvalue weighted by molar-refractivity contribution is 0.0152. The Morgan fingerprint density at radius 2 is 1.25 bits per heavy atom. The number of phenolic OH excluding ortho intramolecular Hbond substituents is 2. The van der Waals surface area contributed by atoms with Crippen molar-refractivity contribution in [1.82, 2.24) is 14.8 Å². The van der Waals surface area contributed by atoms with Crippen molar-refractivity contribution in [3.8, 4) is 11.5 Å². The van der Waals surface area contributed by atoms with Gasteiger partial charge in [0.05, 0.1) is 5.66 Å². The second-order valence-electron chi connectivity index (χ2n) is 7.36. The molecule has 5 heteroatoms. The number of hydrogen-bond donors (Lipinski definition) is 2. The standard InChI is InChI=1S/C23H25N3O2/c1-23(20-10-12-24-13-11-20)25(16-18-6-2-4-8-21(18)27)14-15-26(23)17-19-7-3-5-9-22(19)28/h2-13,27-28H,14-17H2,1H3.